The van der Waals surface area contributed by atoms with Crippen molar-refractivity contribution in [3.8, 4) is 0 Å². The third kappa shape index (κ3) is 3.79. The molecule has 4 heteroatoms. The SMILES string of the molecule is COCC(O)[C@H](O)COC. The van der Waals surface area contributed by atoms with Crippen LogP contribution in [-0.4, -0.2) is 49.9 Å². The molecule has 1 unspecified atom stereocenters. The topological polar surface area (TPSA) is 58.9 Å². The number of hydrogen-bond acceptors (Lipinski definition) is 4. The molecular formula is C6H14O4. The average molecular weight is 150 g/mol. The highest BCUT2D eigenvalue weighted by Gasteiger charge is 2.14. The Morgan fingerprint density at radius 2 is 1.30 bits per heavy atom. The second kappa shape index (κ2) is 5.61. The monoisotopic (exact) mass is 150 g/mol. The second-order valence-electron chi connectivity index (χ2n) is 2.05. The summed E-state index contributed by atoms with van der Waals surface area (Å²) >= 11 is 0. The molecule has 0 saturated heterocycles. The van der Waals surface area contributed by atoms with Crippen molar-refractivity contribution in [2.45, 2.75) is 12.2 Å². The van der Waals surface area contributed by atoms with Crippen molar-refractivity contribution < 1.29 is 19.7 Å². The first-order valence-electron chi connectivity index (χ1n) is 3.06. The van der Waals surface area contributed by atoms with Gasteiger partial charge in [-0.1, -0.05) is 0 Å². The highest BCUT2D eigenvalue weighted by Crippen LogP contribution is 1.93. The minimum absolute atomic E-state index is 0.129. The van der Waals surface area contributed by atoms with Gasteiger partial charge in [0.1, 0.15) is 12.2 Å². The predicted molar refractivity (Wildman–Crippen MR) is 35.8 cm³/mol. The second-order valence-corrected chi connectivity index (χ2v) is 2.05. The molecule has 2 N–H and O–H groups in total. The highest BCUT2D eigenvalue weighted by atomic mass is 16.5. The number of ether oxygens (including phenoxy) is 2. The minimum atomic E-state index is -0.857. The Hall–Kier alpha value is -0.160. The van der Waals surface area contributed by atoms with E-state index in [4.69, 9.17) is 10.2 Å². The number of rotatable bonds is 5. The summed E-state index contributed by atoms with van der Waals surface area (Å²) in [5, 5.41) is 18.0. The van der Waals surface area contributed by atoms with Crippen LogP contribution in [0.3, 0.4) is 0 Å². The van der Waals surface area contributed by atoms with Gasteiger partial charge in [0.15, 0.2) is 0 Å². The summed E-state index contributed by atoms with van der Waals surface area (Å²) in [4.78, 5) is 0. The Morgan fingerprint density at radius 3 is 1.50 bits per heavy atom. The fourth-order valence-electron chi connectivity index (χ4n) is 0.564. The van der Waals surface area contributed by atoms with Gasteiger partial charge in [0.2, 0.25) is 0 Å². The van der Waals surface area contributed by atoms with E-state index in [-0.39, 0.29) is 13.2 Å². The molecule has 0 aromatic heterocycles. The van der Waals surface area contributed by atoms with E-state index in [9.17, 15) is 0 Å². The van der Waals surface area contributed by atoms with Crippen molar-refractivity contribution in [1.82, 2.24) is 0 Å². The molecule has 4 nitrogen and oxygen atoms in total. The van der Waals surface area contributed by atoms with E-state index in [2.05, 4.69) is 9.47 Å². The maximum Gasteiger partial charge on any atom is 0.105 e. The summed E-state index contributed by atoms with van der Waals surface area (Å²) in [5.74, 6) is 0. The van der Waals surface area contributed by atoms with Crippen molar-refractivity contribution in [2.24, 2.45) is 0 Å². The number of hydrogen-bond donors (Lipinski definition) is 2. The van der Waals surface area contributed by atoms with E-state index in [0.29, 0.717) is 0 Å². The van der Waals surface area contributed by atoms with Crippen LogP contribution in [0.5, 0.6) is 0 Å². The minimum Gasteiger partial charge on any atom is -0.388 e. The van der Waals surface area contributed by atoms with E-state index >= 15 is 0 Å². The molecule has 0 heterocycles. The summed E-state index contributed by atoms with van der Waals surface area (Å²) in [6.45, 7) is 0.259. The Bertz CT molecular complexity index is 66.1. The summed E-state index contributed by atoms with van der Waals surface area (Å²) in [5.41, 5.74) is 0. The van der Waals surface area contributed by atoms with E-state index < -0.39 is 12.2 Å². The van der Waals surface area contributed by atoms with Gasteiger partial charge in [-0.15, -0.1) is 0 Å². The van der Waals surface area contributed by atoms with Gasteiger partial charge in [-0.3, -0.25) is 0 Å². The normalized spacial score (nSPS) is 16.8. The van der Waals surface area contributed by atoms with Crippen LogP contribution in [0.4, 0.5) is 0 Å². The van der Waals surface area contributed by atoms with Gasteiger partial charge in [-0.2, -0.15) is 0 Å². The molecule has 0 aromatic carbocycles. The van der Waals surface area contributed by atoms with Gasteiger partial charge in [-0.05, 0) is 0 Å². The van der Waals surface area contributed by atoms with Crippen LogP contribution in [0.1, 0.15) is 0 Å². The lowest BCUT2D eigenvalue weighted by atomic mass is 10.2. The molecule has 0 saturated carbocycles. The van der Waals surface area contributed by atoms with Crippen molar-refractivity contribution in [2.75, 3.05) is 27.4 Å². The zero-order valence-electron chi connectivity index (χ0n) is 6.28. The Kier molecular flexibility index (Phi) is 5.52. The molecular weight excluding hydrogens is 136 g/mol. The van der Waals surface area contributed by atoms with Gasteiger partial charge < -0.3 is 19.7 Å². The molecule has 0 radical (unpaired) electrons. The van der Waals surface area contributed by atoms with Gasteiger partial charge in [0.05, 0.1) is 13.2 Å². The maximum absolute atomic E-state index is 8.99. The molecule has 0 bridgehead atoms. The van der Waals surface area contributed by atoms with E-state index in [0.717, 1.165) is 0 Å². The van der Waals surface area contributed by atoms with Crippen LogP contribution in [0, 0.1) is 0 Å². The lowest BCUT2D eigenvalue weighted by Crippen LogP contribution is -2.33. The molecule has 10 heavy (non-hydrogen) atoms. The molecule has 2 atom stereocenters. The van der Waals surface area contributed by atoms with Crippen molar-refractivity contribution >= 4 is 0 Å². The Labute approximate surface area is 60.4 Å². The van der Waals surface area contributed by atoms with E-state index in [1.54, 1.807) is 0 Å². The molecule has 0 aromatic rings. The van der Waals surface area contributed by atoms with Gasteiger partial charge in [-0.25, -0.2) is 0 Å². The van der Waals surface area contributed by atoms with Crippen LogP contribution in [0.15, 0.2) is 0 Å². The first-order valence-corrected chi connectivity index (χ1v) is 3.06. The fourth-order valence-corrected chi connectivity index (χ4v) is 0.564. The zero-order chi connectivity index (χ0) is 7.98. The lowest BCUT2D eigenvalue weighted by molar-refractivity contribution is -0.0555. The summed E-state index contributed by atoms with van der Waals surface area (Å²) in [6.07, 6.45) is -1.71. The smallest absolute Gasteiger partial charge is 0.105 e. The van der Waals surface area contributed by atoms with E-state index in [1.165, 1.54) is 14.2 Å². The molecule has 0 aliphatic heterocycles. The molecule has 0 aliphatic rings. The van der Waals surface area contributed by atoms with E-state index in [1.807, 2.05) is 0 Å². The van der Waals surface area contributed by atoms with Crippen LogP contribution in [0.25, 0.3) is 0 Å². The summed E-state index contributed by atoms with van der Waals surface area (Å²) in [7, 11) is 2.92. The summed E-state index contributed by atoms with van der Waals surface area (Å²) < 4.78 is 9.21. The third-order valence-corrected chi connectivity index (χ3v) is 1.12. The average Bonchev–Trinajstić information content (AvgIpc) is 1.89. The number of aliphatic hydroxyl groups is 2. The first-order chi connectivity index (χ1) is 4.72. The van der Waals surface area contributed by atoms with Gasteiger partial charge >= 0.3 is 0 Å². The number of methoxy groups -OCH3 is 2. The predicted octanol–water partition coefficient (Wildman–Crippen LogP) is -0.999. The Morgan fingerprint density at radius 1 is 1.00 bits per heavy atom. The van der Waals surface area contributed by atoms with Crippen LogP contribution in [0.2, 0.25) is 0 Å². The fraction of sp³-hybridized carbons (Fsp3) is 1.00. The first kappa shape index (κ1) is 9.84. The summed E-state index contributed by atoms with van der Waals surface area (Å²) in [6, 6.07) is 0. The molecule has 0 aliphatic carbocycles. The largest absolute Gasteiger partial charge is 0.388 e. The molecule has 0 fully saturated rings. The zero-order valence-corrected chi connectivity index (χ0v) is 6.28. The molecule has 0 rings (SSSR count). The molecule has 0 spiro atoms. The lowest BCUT2D eigenvalue weighted by Gasteiger charge is -2.15. The highest BCUT2D eigenvalue weighted by molar-refractivity contribution is 4.64. The third-order valence-electron chi connectivity index (χ3n) is 1.12. The van der Waals surface area contributed by atoms with Gasteiger partial charge in [0, 0.05) is 14.2 Å². The van der Waals surface area contributed by atoms with Crippen LogP contribution < -0.4 is 0 Å². The maximum atomic E-state index is 8.99. The van der Waals surface area contributed by atoms with Gasteiger partial charge in [0.25, 0.3) is 0 Å². The number of aliphatic hydroxyl groups excluding tert-OH is 2. The van der Waals surface area contributed by atoms with Crippen LogP contribution in [-0.2, 0) is 9.47 Å². The standard InChI is InChI=1S/C6H14O4/c1-9-3-5(7)6(8)4-10-2/h5-8H,3-4H2,1-2H3/t5-,6?/m1/s1. The van der Waals surface area contributed by atoms with Crippen molar-refractivity contribution in [3.05, 3.63) is 0 Å². The molecule has 0 amide bonds. The molecule has 62 valence electrons. The Balaban J connectivity index is 3.38. The van der Waals surface area contributed by atoms with Crippen molar-refractivity contribution in [1.29, 1.82) is 0 Å². The quantitative estimate of drug-likeness (QED) is 0.528. The van der Waals surface area contributed by atoms with Crippen molar-refractivity contribution in [3.63, 3.8) is 0 Å². The van der Waals surface area contributed by atoms with Crippen LogP contribution >= 0.6 is 0 Å².